The van der Waals surface area contributed by atoms with Gasteiger partial charge in [0.1, 0.15) is 11.5 Å². The zero-order valence-corrected chi connectivity index (χ0v) is 18.2. The van der Waals surface area contributed by atoms with E-state index in [4.69, 9.17) is 9.47 Å². The van der Waals surface area contributed by atoms with Gasteiger partial charge in [-0.3, -0.25) is 4.79 Å². The van der Waals surface area contributed by atoms with Crippen molar-refractivity contribution in [2.75, 3.05) is 19.5 Å². The van der Waals surface area contributed by atoms with Crippen LogP contribution in [0.25, 0.3) is 0 Å². The number of carbonyl (C=O) groups is 1. The first kappa shape index (κ1) is 19.5. The van der Waals surface area contributed by atoms with Gasteiger partial charge in [0.05, 0.1) is 19.8 Å². The van der Waals surface area contributed by atoms with Gasteiger partial charge >= 0.3 is 0 Å². The molecule has 1 N–H and O–H groups in total. The maximum Gasteiger partial charge on any atom is 0.259 e. The summed E-state index contributed by atoms with van der Waals surface area (Å²) in [7, 11) is 3.17. The number of benzene rings is 2. The van der Waals surface area contributed by atoms with E-state index in [2.05, 4.69) is 30.4 Å². The van der Waals surface area contributed by atoms with Crippen LogP contribution >= 0.6 is 0 Å². The lowest BCUT2D eigenvalue weighted by molar-refractivity contribution is -0.00520. The van der Waals surface area contributed by atoms with E-state index in [-0.39, 0.29) is 5.91 Å². The number of methoxy groups -OCH3 is 2. The highest BCUT2D eigenvalue weighted by Gasteiger charge is 2.51. The number of carbonyl (C=O) groups excluding carboxylic acids is 1. The minimum atomic E-state index is -0.167. The SMILES string of the molecule is COc1ccc(C(=O)Nc2ccc(C34CC5CC(CC(C5)C3)C4)cc2C)c(OC)c1. The predicted molar refractivity (Wildman–Crippen MR) is 119 cm³/mol. The Bertz CT molecular complexity index is 945. The Kier molecular flexibility index (Phi) is 4.76. The fraction of sp³-hybridized carbons (Fsp3) is 0.500. The van der Waals surface area contributed by atoms with Crippen LogP contribution in [0.2, 0.25) is 0 Å². The molecule has 0 aliphatic heterocycles. The van der Waals surface area contributed by atoms with E-state index in [0.29, 0.717) is 22.5 Å². The quantitative estimate of drug-likeness (QED) is 0.691. The largest absolute Gasteiger partial charge is 0.497 e. The van der Waals surface area contributed by atoms with E-state index < -0.39 is 0 Å². The van der Waals surface area contributed by atoms with Gasteiger partial charge in [-0.25, -0.2) is 0 Å². The molecule has 1 amide bonds. The number of nitrogens with one attached hydrogen (secondary N) is 1. The normalized spacial score (nSPS) is 29.0. The predicted octanol–water partition coefficient (Wildman–Crippen LogP) is 5.73. The summed E-state index contributed by atoms with van der Waals surface area (Å²) in [5, 5.41) is 3.08. The molecule has 2 aromatic carbocycles. The second kappa shape index (κ2) is 7.33. The summed E-state index contributed by atoms with van der Waals surface area (Å²) in [5.74, 6) is 3.80. The van der Waals surface area contributed by atoms with E-state index in [9.17, 15) is 4.79 Å². The van der Waals surface area contributed by atoms with E-state index >= 15 is 0 Å². The van der Waals surface area contributed by atoms with Crippen molar-refractivity contribution in [3.8, 4) is 11.5 Å². The summed E-state index contributed by atoms with van der Waals surface area (Å²) in [6.07, 6.45) is 8.43. The van der Waals surface area contributed by atoms with Gasteiger partial charge in [-0.15, -0.1) is 0 Å². The molecule has 4 nitrogen and oxygen atoms in total. The standard InChI is InChI=1S/C26H31NO3/c1-16-8-20(26-13-17-9-18(14-26)11-19(10-17)15-26)4-7-23(16)27-25(28)22-6-5-21(29-2)12-24(22)30-3/h4-8,12,17-19H,9-11,13-15H2,1-3H3,(H,27,28). The third kappa shape index (κ3) is 3.27. The van der Waals surface area contributed by atoms with Crippen molar-refractivity contribution in [2.24, 2.45) is 17.8 Å². The molecule has 0 radical (unpaired) electrons. The minimum absolute atomic E-state index is 0.167. The first-order valence-electron chi connectivity index (χ1n) is 11.1. The summed E-state index contributed by atoms with van der Waals surface area (Å²) in [6.45, 7) is 2.10. The molecule has 0 heterocycles. The Morgan fingerprint density at radius 2 is 1.60 bits per heavy atom. The van der Waals surface area contributed by atoms with Gasteiger partial charge in [0, 0.05) is 11.8 Å². The summed E-state index contributed by atoms with van der Waals surface area (Å²) < 4.78 is 10.6. The van der Waals surface area contributed by atoms with Crippen LogP contribution in [0.1, 0.15) is 60.0 Å². The second-order valence-electron chi connectivity index (χ2n) is 9.75. The molecule has 4 bridgehead atoms. The number of rotatable bonds is 5. The molecule has 0 spiro atoms. The van der Waals surface area contributed by atoms with E-state index in [1.54, 1.807) is 32.4 Å². The van der Waals surface area contributed by atoms with Crippen molar-refractivity contribution in [2.45, 2.75) is 50.9 Å². The summed E-state index contributed by atoms with van der Waals surface area (Å²) in [5.41, 5.74) is 4.36. The molecule has 30 heavy (non-hydrogen) atoms. The number of amides is 1. The highest BCUT2D eigenvalue weighted by Crippen LogP contribution is 2.60. The molecule has 0 aromatic heterocycles. The van der Waals surface area contributed by atoms with Gasteiger partial charge in [-0.2, -0.15) is 0 Å². The van der Waals surface area contributed by atoms with Crippen molar-refractivity contribution in [1.29, 1.82) is 0 Å². The number of hydrogen-bond donors (Lipinski definition) is 1. The van der Waals surface area contributed by atoms with Crippen molar-refractivity contribution in [3.05, 3.63) is 53.1 Å². The molecular formula is C26H31NO3. The first-order chi connectivity index (χ1) is 14.5. The fourth-order valence-corrected chi connectivity index (χ4v) is 6.77. The maximum absolute atomic E-state index is 12.9. The number of hydrogen-bond acceptors (Lipinski definition) is 3. The Hall–Kier alpha value is -2.49. The molecule has 0 atom stereocenters. The van der Waals surface area contributed by atoms with Crippen LogP contribution in [0.15, 0.2) is 36.4 Å². The van der Waals surface area contributed by atoms with Crippen LogP contribution in [0.3, 0.4) is 0 Å². The molecule has 2 aromatic rings. The number of aryl methyl sites for hydroxylation is 1. The van der Waals surface area contributed by atoms with E-state index in [1.165, 1.54) is 44.1 Å². The molecule has 158 valence electrons. The van der Waals surface area contributed by atoms with Crippen molar-refractivity contribution in [3.63, 3.8) is 0 Å². The van der Waals surface area contributed by atoms with Crippen LogP contribution in [0.5, 0.6) is 11.5 Å². The van der Waals surface area contributed by atoms with Crippen molar-refractivity contribution >= 4 is 11.6 Å². The summed E-state index contributed by atoms with van der Waals surface area (Å²) in [6, 6.07) is 11.9. The van der Waals surface area contributed by atoms with Crippen molar-refractivity contribution < 1.29 is 14.3 Å². The summed E-state index contributed by atoms with van der Waals surface area (Å²) >= 11 is 0. The van der Waals surface area contributed by atoms with Gasteiger partial charge in [0.15, 0.2) is 0 Å². The second-order valence-corrected chi connectivity index (χ2v) is 9.75. The number of anilines is 1. The van der Waals surface area contributed by atoms with Crippen LogP contribution in [-0.4, -0.2) is 20.1 Å². The average molecular weight is 406 g/mol. The third-order valence-electron chi connectivity index (χ3n) is 7.78. The van der Waals surface area contributed by atoms with Crippen LogP contribution in [0, 0.1) is 24.7 Å². The molecule has 4 aliphatic rings. The highest BCUT2D eigenvalue weighted by molar-refractivity contribution is 6.06. The van der Waals surface area contributed by atoms with Crippen molar-refractivity contribution in [1.82, 2.24) is 0 Å². The lowest BCUT2D eigenvalue weighted by atomic mass is 9.48. The fourth-order valence-electron chi connectivity index (χ4n) is 6.77. The lowest BCUT2D eigenvalue weighted by Gasteiger charge is -2.57. The molecule has 4 fully saturated rings. The van der Waals surface area contributed by atoms with Gasteiger partial charge in [0.25, 0.3) is 5.91 Å². The molecule has 0 saturated heterocycles. The maximum atomic E-state index is 12.9. The molecule has 4 saturated carbocycles. The monoisotopic (exact) mass is 405 g/mol. The Morgan fingerprint density at radius 1 is 0.933 bits per heavy atom. The molecule has 6 rings (SSSR count). The Labute approximate surface area is 179 Å². The van der Waals surface area contributed by atoms with Gasteiger partial charge < -0.3 is 14.8 Å². The molecule has 4 aliphatic carbocycles. The summed E-state index contributed by atoms with van der Waals surface area (Å²) in [4.78, 5) is 12.9. The zero-order valence-electron chi connectivity index (χ0n) is 18.2. The van der Waals surface area contributed by atoms with E-state index in [1.807, 2.05) is 0 Å². The number of ether oxygens (including phenoxy) is 2. The topological polar surface area (TPSA) is 47.6 Å². The smallest absolute Gasteiger partial charge is 0.259 e. The van der Waals surface area contributed by atoms with E-state index in [0.717, 1.165) is 29.0 Å². The molecule has 0 unspecified atom stereocenters. The van der Waals surface area contributed by atoms with Gasteiger partial charge in [-0.05, 0) is 97.9 Å². The van der Waals surface area contributed by atoms with Gasteiger partial charge in [0.2, 0.25) is 0 Å². The van der Waals surface area contributed by atoms with Crippen LogP contribution in [-0.2, 0) is 5.41 Å². The van der Waals surface area contributed by atoms with Crippen LogP contribution < -0.4 is 14.8 Å². The Morgan fingerprint density at radius 3 is 2.17 bits per heavy atom. The van der Waals surface area contributed by atoms with Crippen LogP contribution in [0.4, 0.5) is 5.69 Å². The molecule has 4 heteroatoms. The highest BCUT2D eigenvalue weighted by atomic mass is 16.5. The third-order valence-corrected chi connectivity index (χ3v) is 7.78. The molecular weight excluding hydrogens is 374 g/mol. The Balaban J connectivity index is 1.38. The first-order valence-corrected chi connectivity index (χ1v) is 11.1. The average Bonchev–Trinajstić information content (AvgIpc) is 2.73. The zero-order chi connectivity index (χ0) is 20.9. The lowest BCUT2D eigenvalue weighted by Crippen LogP contribution is -2.48. The minimum Gasteiger partial charge on any atom is -0.497 e. The van der Waals surface area contributed by atoms with Gasteiger partial charge in [-0.1, -0.05) is 12.1 Å².